The monoisotopic (exact) mass is 497 g/mol. The van der Waals surface area contributed by atoms with Gasteiger partial charge in [0.15, 0.2) is 23.1 Å². The van der Waals surface area contributed by atoms with Gasteiger partial charge in [-0.25, -0.2) is 0 Å². The zero-order valence-corrected chi connectivity index (χ0v) is 21.0. The second-order valence-electron chi connectivity index (χ2n) is 7.45. The number of aliphatic imine (C=N–C) groups is 1. The number of fused-ring (bicyclic) bond motifs is 4. The molecule has 35 heavy (non-hydrogen) atoms. The average molecular weight is 497 g/mol. The molecule has 0 saturated carbocycles. The van der Waals surface area contributed by atoms with Crippen LogP contribution in [-0.4, -0.2) is 37.6 Å². The van der Waals surface area contributed by atoms with Gasteiger partial charge in [0.25, 0.3) is 10.1 Å². The summed E-state index contributed by atoms with van der Waals surface area (Å²) in [6.45, 7) is 3.35. The van der Waals surface area contributed by atoms with Crippen LogP contribution in [0, 0.1) is 0 Å². The summed E-state index contributed by atoms with van der Waals surface area (Å²) in [4.78, 5) is 29.5. The van der Waals surface area contributed by atoms with Crippen LogP contribution in [0.15, 0.2) is 77.1 Å². The largest absolute Gasteiger partial charge is 1.00 e. The Morgan fingerprint density at radius 2 is 1.63 bits per heavy atom. The number of carbonyl (C=O) groups excluding carboxylic acids is 2. The van der Waals surface area contributed by atoms with Gasteiger partial charge in [0, 0.05) is 22.2 Å². The minimum Gasteiger partial charge on any atom is -0.859 e. The first kappa shape index (κ1) is 24.9. The van der Waals surface area contributed by atoms with Crippen molar-refractivity contribution in [2.45, 2.75) is 4.90 Å². The number of rotatable bonds is 4. The third kappa shape index (κ3) is 4.22. The fourth-order valence-corrected chi connectivity index (χ4v) is 4.53. The van der Waals surface area contributed by atoms with Gasteiger partial charge in [0.2, 0.25) is 0 Å². The van der Waals surface area contributed by atoms with E-state index in [1.807, 2.05) is 0 Å². The van der Waals surface area contributed by atoms with Gasteiger partial charge in [-0.3, -0.25) is 19.1 Å². The molecular formula is C23H13BNNaO8S. The molecule has 0 bridgehead atoms. The number of ketones is 2. The van der Waals surface area contributed by atoms with Gasteiger partial charge in [0.1, 0.15) is 4.90 Å². The molecule has 0 fully saturated rings. The Bertz CT molecular complexity index is 1570. The van der Waals surface area contributed by atoms with Crippen molar-refractivity contribution in [3.05, 3.63) is 89.5 Å². The van der Waals surface area contributed by atoms with E-state index in [0.717, 1.165) is 12.1 Å². The van der Waals surface area contributed by atoms with Crippen molar-refractivity contribution < 1.29 is 66.5 Å². The predicted octanol–water partition coefficient (Wildman–Crippen LogP) is -1.54. The Morgan fingerprint density at radius 3 is 2.29 bits per heavy atom. The third-order valence-electron chi connectivity index (χ3n) is 5.37. The van der Waals surface area contributed by atoms with Crippen molar-refractivity contribution in [2.75, 3.05) is 0 Å². The first-order valence-corrected chi connectivity index (χ1v) is 11.3. The van der Waals surface area contributed by atoms with E-state index in [0.29, 0.717) is 5.46 Å². The molecule has 9 nitrogen and oxygen atoms in total. The summed E-state index contributed by atoms with van der Waals surface area (Å²) < 4.78 is 45.6. The van der Waals surface area contributed by atoms with Crippen LogP contribution in [0.1, 0.15) is 31.8 Å². The molecule has 0 unspecified atom stereocenters. The molecule has 1 aliphatic carbocycles. The molecule has 1 aliphatic heterocycles. The topological polar surface area (TPSA) is 142 Å². The number of benzene rings is 3. The van der Waals surface area contributed by atoms with E-state index < -0.39 is 45.3 Å². The summed E-state index contributed by atoms with van der Waals surface area (Å²) in [6.07, 6.45) is 1.04. The van der Waals surface area contributed by atoms with Crippen LogP contribution in [0.2, 0.25) is 0 Å². The molecule has 0 radical (unpaired) electrons. The second kappa shape index (κ2) is 9.10. The summed E-state index contributed by atoms with van der Waals surface area (Å²) in [5.41, 5.74) is 0.480. The van der Waals surface area contributed by atoms with E-state index in [9.17, 15) is 27.7 Å². The molecule has 3 aromatic carbocycles. The van der Waals surface area contributed by atoms with E-state index in [-0.39, 0.29) is 63.2 Å². The van der Waals surface area contributed by atoms with Gasteiger partial charge in [-0.05, 0) is 24.1 Å². The van der Waals surface area contributed by atoms with Crippen LogP contribution < -0.4 is 49.4 Å². The maximum atomic E-state index is 13.3. The van der Waals surface area contributed by atoms with Gasteiger partial charge in [0.05, 0.1) is 11.3 Å². The van der Waals surface area contributed by atoms with E-state index in [1.165, 1.54) is 18.2 Å². The minimum atomic E-state index is -4.86. The summed E-state index contributed by atoms with van der Waals surface area (Å²) in [7, 11) is -6.10. The van der Waals surface area contributed by atoms with Crippen molar-refractivity contribution in [1.82, 2.24) is 0 Å². The first-order chi connectivity index (χ1) is 16.2. The third-order valence-corrected chi connectivity index (χ3v) is 6.23. The molecular weight excluding hydrogens is 484 g/mol. The van der Waals surface area contributed by atoms with Crippen molar-refractivity contribution in [2.24, 2.45) is 4.99 Å². The molecule has 0 spiro atoms. The predicted molar refractivity (Wildman–Crippen MR) is 120 cm³/mol. The van der Waals surface area contributed by atoms with E-state index in [4.69, 9.17) is 9.31 Å². The van der Waals surface area contributed by atoms with Crippen LogP contribution in [0.3, 0.4) is 0 Å². The molecule has 12 heteroatoms. The molecule has 0 atom stereocenters. The van der Waals surface area contributed by atoms with Crippen molar-refractivity contribution in [3.63, 3.8) is 0 Å². The van der Waals surface area contributed by atoms with E-state index in [2.05, 4.69) is 11.6 Å². The molecule has 0 saturated heterocycles. The Morgan fingerprint density at radius 1 is 0.971 bits per heavy atom. The minimum absolute atomic E-state index is 0. The maximum Gasteiger partial charge on any atom is 1.00 e. The summed E-state index contributed by atoms with van der Waals surface area (Å²) in [6, 6.07) is 13.2. The maximum absolute atomic E-state index is 13.3. The molecule has 3 aromatic rings. The van der Waals surface area contributed by atoms with Crippen molar-refractivity contribution >= 4 is 45.9 Å². The summed E-state index contributed by atoms with van der Waals surface area (Å²) in [5.74, 6) is -2.37. The number of nitrogens with zero attached hydrogens (tertiary/aromatic N) is 1. The van der Waals surface area contributed by atoms with Crippen molar-refractivity contribution in [3.8, 4) is 11.5 Å². The number of hydrogen-bond acceptors (Lipinski definition) is 8. The zero-order chi connectivity index (χ0) is 24.2. The standard InChI is InChI=1S/C23H14BNO8S.Na/c1-2-18(26)25-13-7-5-6-12(10-13)24-32-22-17(34(29,30)31)11-16-19(23(22)33-24)21(28)15-9-4-3-8-14(15)20(16)27;/h2-11H,1H2,(H,25,26)(H,29,30,31);/q;+1/p-1. The molecule has 2 aliphatic rings. The normalized spacial score (nSPS) is 14.2. The van der Waals surface area contributed by atoms with Gasteiger partial charge < -0.3 is 14.4 Å². The van der Waals surface area contributed by atoms with Gasteiger partial charge in [-0.1, -0.05) is 49.1 Å². The molecule has 168 valence electrons. The average Bonchev–Trinajstić information content (AvgIpc) is 3.26. The molecule has 1 heterocycles. The van der Waals surface area contributed by atoms with Crippen LogP contribution in [0.25, 0.3) is 0 Å². The van der Waals surface area contributed by atoms with Gasteiger partial charge >= 0.3 is 36.7 Å². The fourth-order valence-electron chi connectivity index (χ4n) is 3.88. The fraction of sp³-hybridized carbons (Fsp3) is 0. The SMILES string of the molecule is C=CC([O-])=Nc1cccc(B2Oc3c(S(=O)(=O)O)cc4c(c3O2)C(=O)c2ccccc2C4=O)c1.[Na+]. The van der Waals surface area contributed by atoms with E-state index >= 15 is 0 Å². The zero-order valence-electron chi connectivity index (χ0n) is 18.2. The number of hydrogen-bond donors (Lipinski definition) is 1. The molecule has 5 rings (SSSR count). The molecule has 1 N–H and O–H groups in total. The van der Waals surface area contributed by atoms with Crippen LogP contribution in [-0.2, 0) is 10.1 Å². The number of carbonyl (C=O) groups is 2. The first-order valence-electron chi connectivity index (χ1n) is 9.87. The van der Waals surface area contributed by atoms with Gasteiger partial charge in [-0.2, -0.15) is 8.42 Å². The molecule has 0 amide bonds. The van der Waals surface area contributed by atoms with E-state index in [1.54, 1.807) is 30.3 Å². The Balaban J connectivity index is 0.00000289. The van der Waals surface area contributed by atoms with Crippen LogP contribution >= 0.6 is 0 Å². The molecule has 0 aromatic heterocycles. The van der Waals surface area contributed by atoms with Crippen LogP contribution in [0.5, 0.6) is 11.5 Å². The Kier molecular flexibility index (Phi) is 6.47. The quantitative estimate of drug-likeness (QED) is 0.155. The second-order valence-corrected chi connectivity index (χ2v) is 8.84. The summed E-state index contributed by atoms with van der Waals surface area (Å²) in [5, 5.41) is 11.6. The van der Waals surface area contributed by atoms with Crippen LogP contribution in [0.4, 0.5) is 5.69 Å². The summed E-state index contributed by atoms with van der Waals surface area (Å²) >= 11 is 0. The van der Waals surface area contributed by atoms with Gasteiger partial charge in [-0.15, -0.1) is 0 Å². The van der Waals surface area contributed by atoms with Crippen molar-refractivity contribution in [1.29, 1.82) is 0 Å². The Hall–Kier alpha value is -3.22. The Labute approximate surface area is 222 Å². The smallest absolute Gasteiger partial charge is 0.859 e.